The van der Waals surface area contributed by atoms with Gasteiger partial charge < -0.3 is 10.8 Å². The van der Waals surface area contributed by atoms with Gasteiger partial charge >= 0.3 is 0 Å². The summed E-state index contributed by atoms with van der Waals surface area (Å²) in [6, 6.07) is -0.0944. The Bertz CT molecular complexity index is 178. The zero-order valence-corrected chi connectivity index (χ0v) is 8.17. The third kappa shape index (κ3) is 5.10. The standard InChI is InChI=1S/C10H19NO/c1-5-10(4,12)7-9(11)6-8(2)3/h5-6,9,12H,1,7,11H2,2-4H3. The predicted octanol–water partition coefficient (Wildman–Crippen LogP) is 1.61. The maximum atomic E-state index is 9.58. The quantitative estimate of drug-likeness (QED) is 0.628. The summed E-state index contributed by atoms with van der Waals surface area (Å²) in [5.74, 6) is 0. The molecule has 0 heterocycles. The molecule has 2 unspecified atom stereocenters. The maximum absolute atomic E-state index is 9.58. The smallest absolute Gasteiger partial charge is 0.0814 e. The first-order chi connectivity index (χ1) is 5.37. The predicted molar refractivity (Wildman–Crippen MR) is 52.8 cm³/mol. The minimum Gasteiger partial charge on any atom is -0.386 e. The molecule has 0 amide bonds. The Hall–Kier alpha value is -0.600. The van der Waals surface area contributed by atoms with Crippen molar-refractivity contribution >= 4 is 0 Å². The van der Waals surface area contributed by atoms with E-state index in [1.807, 2.05) is 19.9 Å². The van der Waals surface area contributed by atoms with Crippen molar-refractivity contribution in [1.82, 2.24) is 0 Å². The van der Waals surface area contributed by atoms with E-state index in [2.05, 4.69) is 6.58 Å². The molecule has 0 bridgehead atoms. The highest BCUT2D eigenvalue weighted by Crippen LogP contribution is 2.13. The first kappa shape index (κ1) is 11.4. The first-order valence-electron chi connectivity index (χ1n) is 4.14. The molecular formula is C10H19NO. The van der Waals surface area contributed by atoms with Crippen molar-refractivity contribution in [3.05, 3.63) is 24.3 Å². The van der Waals surface area contributed by atoms with Gasteiger partial charge in [0.2, 0.25) is 0 Å². The Morgan fingerprint density at radius 2 is 2.17 bits per heavy atom. The Balaban J connectivity index is 4.09. The molecule has 0 spiro atoms. The van der Waals surface area contributed by atoms with Crippen molar-refractivity contribution < 1.29 is 5.11 Å². The highest BCUT2D eigenvalue weighted by atomic mass is 16.3. The number of rotatable bonds is 4. The zero-order valence-electron chi connectivity index (χ0n) is 8.17. The summed E-state index contributed by atoms with van der Waals surface area (Å²) in [5, 5.41) is 9.58. The van der Waals surface area contributed by atoms with Crippen molar-refractivity contribution in [3.8, 4) is 0 Å². The summed E-state index contributed by atoms with van der Waals surface area (Å²) in [4.78, 5) is 0. The van der Waals surface area contributed by atoms with Gasteiger partial charge in [0.15, 0.2) is 0 Å². The molecule has 2 heteroatoms. The first-order valence-corrected chi connectivity index (χ1v) is 4.14. The van der Waals surface area contributed by atoms with Crippen LogP contribution in [0.15, 0.2) is 24.3 Å². The summed E-state index contributed by atoms with van der Waals surface area (Å²) < 4.78 is 0. The van der Waals surface area contributed by atoms with E-state index in [1.165, 1.54) is 11.6 Å². The van der Waals surface area contributed by atoms with E-state index in [4.69, 9.17) is 5.73 Å². The Kier molecular flexibility index (Phi) is 4.21. The number of hydrogen-bond donors (Lipinski definition) is 2. The fourth-order valence-corrected chi connectivity index (χ4v) is 1.05. The summed E-state index contributed by atoms with van der Waals surface area (Å²) in [5.41, 5.74) is 6.07. The lowest BCUT2D eigenvalue weighted by Crippen LogP contribution is -2.31. The number of nitrogens with two attached hydrogens (primary N) is 1. The van der Waals surface area contributed by atoms with Gasteiger partial charge in [-0.05, 0) is 27.2 Å². The highest BCUT2D eigenvalue weighted by Gasteiger charge is 2.17. The van der Waals surface area contributed by atoms with Crippen LogP contribution in [0.2, 0.25) is 0 Å². The van der Waals surface area contributed by atoms with Gasteiger partial charge in [0.1, 0.15) is 0 Å². The van der Waals surface area contributed by atoms with Crippen LogP contribution < -0.4 is 5.73 Å². The SMILES string of the molecule is C=CC(C)(O)CC(N)C=C(C)C. The molecule has 0 aromatic carbocycles. The van der Waals surface area contributed by atoms with Gasteiger partial charge in [-0.1, -0.05) is 17.7 Å². The van der Waals surface area contributed by atoms with E-state index in [9.17, 15) is 5.11 Å². The average Bonchev–Trinajstić information content (AvgIpc) is 1.84. The zero-order chi connectivity index (χ0) is 9.78. The molecule has 0 radical (unpaired) electrons. The Morgan fingerprint density at radius 3 is 2.50 bits per heavy atom. The molecule has 0 aliphatic carbocycles. The molecule has 2 nitrogen and oxygen atoms in total. The second-order valence-electron chi connectivity index (χ2n) is 3.67. The van der Waals surface area contributed by atoms with Crippen LogP contribution in [0.5, 0.6) is 0 Å². The molecular weight excluding hydrogens is 150 g/mol. The average molecular weight is 169 g/mol. The van der Waals surface area contributed by atoms with Gasteiger partial charge in [0, 0.05) is 6.04 Å². The minimum atomic E-state index is -0.856. The summed E-state index contributed by atoms with van der Waals surface area (Å²) >= 11 is 0. The van der Waals surface area contributed by atoms with Gasteiger partial charge in [-0.15, -0.1) is 6.58 Å². The molecule has 12 heavy (non-hydrogen) atoms. The van der Waals surface area contributed by atoms with Crippen molar-refractivity contribution in [2.75, 3.05) is 0 Å². The molecule has 0 aromatic heterocycles. The fourth-order valence-electron chi connectivity index (χ4n) is 1.05. The molecule has 2 atom stereocenters. The molecule has 0 aliphatic rings. The van der Waals surface area contributed by atoms with Crippen molar-refractivity contribution in [2.24, 2.45) is 5.73 Å². The van der Waals surface area contributed by atoms with E-state index in [1.54, 1.807) is 6.92 Å². The fraction of sp³-hybridized carbons (Fsp3) is 0.600. The van der Waals surface area contributed by atoms with Gasteiger partial charge in [-0.25, -0.2) is 0 Å². The van der Waals surface area contributed by atoms with Crippen molar-refractivity contribution in [1.29, 1.82) is 0 Å². The van der Waals surface area contributed by atoms with Crippen LogP contribution in [0, 0.1) is 0 Å². The van der Waals surface area contributed by atoms with Gasteiger partial charge in [0.05, 0.1) is 5.60 Å². The third-order valence-electron chi connectivity index (χ3n) is 1.64. The van der Waals surface area contributed by atoms with Gasteiger partial charge in [-0.3, -0.25) is 0 Å². The van der Waals surface area contributed by atoms with E-state index in [-0.39, 0.29) is 6.04 Å². The molecule has 3 N–H and O–H groups in total. The molecule has 0 rings (SSSR count). The Morgan fingerprint density at radius 1 is 1.67 bits per heavy atom. The van der Waals surface area contributed by atoms with Crippen LogP contribution in [-0.2, 0) is 0 Å². The Labute approximate surface area is 74.8 Å². The van der Waals surface area contributed by atoms with Crippen molar-refractivity contribution in [2.45, 2.75) is 38.8 Å². The number of hydrogen-bond acceptors (Lipinski definition) is 2. The van der Waals surface area contributed by atoms with E-state index < -0.39 is 5.60 Å². The second-order valence-corrected chi connectivity index (χ2v) is 3.67. The monoisotopic (exact) mass is 169 g/mol. The van der Waals surface area contributed by atoms with E-state index in [0.29, 0.717) is 6.42 Å². The van der Waals surface area contributed by atoms with Crippen LogP contribution in [0.1, 0.15) is 27.2 Å². The summed E-state index contributed by atoms with van der Waals surface area (Å²) in [7, 11) is 0. The molecule has 0 aromatic rings. The maximum Gasteiger partial charge on any atom is 0.0814 e. The van der Waals surface area contributed by atoms with Crippen molar-refractivity contribution in [3.63, 3.8) is 0 Å². The topological polar surface area (TPSA) is 46.2 Å². The van der Waals surface area contributed by atoms with Crippen LogP contribution in [0.3, 0.4) is 0 Å². The van der Waals surface area contributed by atoms with Crippen LogP contribution in [-0.4, -0.2) is 16.7 Å². The number of aliphatic hydroxyl groups is 1. The van der Waals surface area contributed by atoms with E-state index >= 15 is 0 Å². The number of allylic oxidation sites excluding steroid dienone is 1. The normalized spacial score (nSPS) is 17.8. The second kappa shape index (κ2) is 4.43. The summed E-state index contributed by atoms with van der Waals surface area (Å²) in [6.07, 6.45) is 3.98. The van der Waals surface area contributed by atoms with E-state index in [0.717, 1.165) is 0 Å². The molecule has 0 fully saturated rings. The molecule has 70 valence electrons. The largest absolute Gasteiger partial charge is 0.386 e. The minimum absolute atomic E-state index is 0.0944. The highest BCUT2D eigenvalue weighted by molar-refractivity contribution is 5.04. The molecule has 0 saturated carbocycles. The summed E-state index contributed by atoms with van der Waals surface area (Å²) in [6.45, 7) is 9.22. The van der Waals surface area contributed by atoms with Gasteiger partial charge in [0.25, 0.3) is 0 Å². The third-order valence-corrected chi connectivity index (χ3v) is 1.64. The molecule has 0 aliphatic heterocycles. The lowest BCUT2D eigenvalue weighted by molar-refractivity contribution is 0.0987. The van der Waals surface area contributed by atoms with Crippen LogP contribution in [0.4, 0.5) is 0 Å². The lowest BCUT2D eigenvalue weighted by Gasteiger charge is -2.21. The lowest BCUT2D eigenvalue weighted by atomic mass is 9.96. The van der Waals surface area contributed by atoms with Gasteiger partial charge in [-0.2, -0.15) is 0 Å². The van der Waals surface area contributed by atoms with Crippen LogP contribution in [0.25, 0.3) is 0 Å². The molecule has 0 saturated heterocycles. The van der Waals surface area contributed by atoms with Crippen LogP contribution >= 0.6 is 0 Å².